The Hall–Kier alpha value is -1.60. The first-order valence-corrected chi connectivity index (χ1v) is 5.69. The predicted molar refractivity (Wildman–Crippen MR) is 63.9 cm³/mol. The van der Waals surface area contributed by atoms with Gasteiger partial charge in [0.25, 0.3) is 0 Å². The van der Waals surface area contributed by atoms with Crippen LogP contribution in [0.1, 0.15) is 38.3 Å². The first-order valence-electron chi connectivity index (χ1n) is 5.69. The van der Waals surface area contributed by atoms with Gasteiger partial charge in [0, 0.05) is 23.7 Å². The van der Waals surface area contributed by atoms with Gasteiger partial charge in [0.15, 0.2) is 0 Å². The normalized spacial score (nSPS) is 14.0. The second kappa shape index (κ2) is 6.21. The lowest BCUT2D eigenvalue weighted by Crippen LogP contribution is -2.31. The Kier molecular flexibility index (Phi) is 4.92. The van der Waals surface area contributed by atoms with E-state index in [1.165, 1.54) is 6.07 Å². The molecule has 0 saturated heterocycles. The molecule has 3 nitrogen and oxygen atoms in total. The highest BCUT2D eigenvalue weighted by Gasteiger charge is 2.15. The summed E-state index contributed by atoms with van der Waals surface area (Å²) in [5, 5.41) is 21.0. The van der Waals surface area contributed by atoms with Crippen molar-refractivity contribution in [2.24, 2.45) is 0 Å². The summed E-state index contributed by atoms with van der Waals surface area (Å²) in [4.78, 5) is 0. The van der Waals surface area contributed by atoms with Crippen molar-refractivity contribution in [3.8, 4) is 11.8 Å². The van der Waals surface area contributed by atoms with Crippen LogP contribution in [0.4, 0.5) is 4.39 Å². The fourth-order valence-corrected chi connectivity index (χ4v) is 1.74. The summed E-state index contributed by atoms with van der Waals surface area (Å²) >= 11 is 0. The van der Waals surface area contributed by atoms with Gasteiger partial charge in [-0.2, -0.15) is 5.26 Å². The Labute approximate surface area is 101 Å². The van der Waals surface area contributed by atoms with Gasteiger partial charge in [0.2, 0.25) is 0 Å². The smallest absolute Gasteiger partial charge is 0.131 e. The summed E-state index contributed by atoms with van der Waals surface area (Å²) in [5.74, 6) is -0.515. The van der Waals surface area contributed by atoms with Gasteiger partial charge in [-0.3, -0.25) is 0 Å². The molecule has 0 radical (unpaired) electrons. The van der Waals surface area contributed by atoms with Gasteiger partial charge < -0.3 is 10.4 Å². The predicted octanol–water partition coefficient (Wildman–Crippen LogP) is 2.87. The number of hydrogen-bond donors (Lipinski definition) is 2. The van der Waals surface area contributed by atoms with Gasteiger partial charge >= 0.3 is 0 Å². The Bertz CT molecular complexity index is 414. The van der Waals surface area contributed by atoms with E-state index in [0.29, 0.717) is 12.0 Å². The number of nitrogens with one attached hydrogen (secondary N) is 1. The number of halogens is 1. The summed E-state index contributed by atoms with van der Waals surface area (Å²) < 4.78 is 13.6. The van der Waals surface area contributed by atoms with Crippen molar-refractivity contribution in [1.29, 1.82) is 5.26 Å². The van der Waals surface area contributed by atoms with Crippen LogP contribution in [0.15, 0.2) is 18.2 Å². The molecule has 0 bridgehead atoms. The molecule has 0 aliphatic rings. The highest BCUT2D eigenvalue weighted by molar-refractivity contribution is 5.29. The first-order chi connectivity index (χ1) is 8.08. The Morgan fingerprint density at radius 3 is 2.76 bits per heavy atom. The van der Waals surface area contributed by atoms with E-state index in [-0.39, 0.29) is 17.8 Å². The van der Waals surface area contributed by atoms with Crippen molar-refractivity contribution < 1.29 is 9.50 Å². The van der Waals surface area contributed by atoms with Gasteiger partial charge in [-0.15, -0.1) is 0 Å². The van der Waals surface area contributed by atoms with Crippen molar-refractivity contribution in [3.05, 3.63) is 29.6 Å². The van der Waals surface area contributed by atoms with Crippen molar-refractivity contribution in [2.45, 2.75) is 38.8 Å². The lowest BCUT2D eigenvalue weighted by Gasteiger charge is -2.21. The van der Waals surface area contributed by atoms with Crippen LogP contribution in [0.5, 0.6) is 5.75 Å². The number of phenolic OH excluding ortho intramolecular Hbond substituents is 1. The summed E-state index contributed by atoms with van der Waals surface area (Å²) in [6, 6.07) is 6.09. The summed E-state index contributed by atoms with van der Waals surface area (Å²) in [6.45, 7) is 3.82. The molecule has 0 spiro atoms. The number of rotatable bonds is 5. The molecule has 0 aliphatic carbocycles. The van der Waals surface area contributed by atoms with Crippen LogP contribution in [0, 0.1) is 17.1 Å². The van der Waals surface area contributed by atoms with Gasteiger partial charge in [-0.25, -0.2) is 4.39 Å². The highest BCUT2D eigenvalue weighted by Crippen LogP contribution is 2.21. The average molecular weight is 236 g/mol. The molecule has 0 heterocycles. The van der Waals surface area contributed by atoms with Crippen LogP contribution in [0.2, 0.25) is 0 Å². The van der Waals surface area contributed by atoms with Crippen LogP contribution in [-0.4, -0.2) is 11.1 Å². The minimum absolute atomic E-state index is 0.0585. The molecule has 4 heteroatoms. The van der Waals surface area contributed by atoms with Crippen molar-refractivity contribution in [2.75, 3.05) is 0 Å². The third-order valence-corrected chi connectivity index (χ3v) is 2.77. The minimum atomic E-state index is -0.434. The molecule has 0 saturated carbocycles. The number of nitrogens with zero attached hydrogens (tertiary/aromatic N) is 1. The average Bonchev–Trinajstić information content (AvgIpc) is 2.28. The maximum absolute atomic E-state index is 13.6. The standard InChI is InChI=1S/C13H17FN2O/c1-3-10(6-7-15)16-9(2)12-5-4-11(17)8-13(12)14/h4-5,8-10,16-17H,3,6H2,1-2H3. The molecule has 1 aromatic rings. The van der Waals surface area contributed by atoms with Gasteiger partial charge in [0.05, 0.1) is 12.5 Å². The van der Waals surface area contributed by atoms with Gasteiger partial charge in [-0.1, -0.05) is 13.0 Å². The molecule has 2 atom stereocenters. The van der Waals surface area contributed by atoms with E-state index in [2.05, 4.69) is 11.4 Å². The van der Waals surface area contributed by atoms with Crippen LogP contribution >= 0.6 is 0 Å². The lowest BCUT2D eigenvalue weighted by atomic mass is 10.0. The molecular formula is C13H17FN2O. The summed E-state index contributed by atoms with van der Waals surface area (Å²) in [5.41, 5.74) is 0.499. The zero-order chi connectivity index (χ0) is 12.8. The van der Waals surface area contributed by atoms with E-state index in [0.717, 1.165) is 12.5 Å². The zero-order valence-corrected chi connectivity index (χ0v) is 10.1. The molecule has 0 aromatic heterocycles. The van der Waals surface area contributed by atoms with Crippen LogP contribution < -0.4 is 5.32 Å². The Morgan fingerprint density at radius 2 is 2.24 bits per heavy atom. The SMILES string of the molecule is CCC(CC#N)NC(C)c1ccc(O)cc1F. The number of nitriles is 1. The Balaban J connectivity index is 2.75. The molecule has 92 valence electrons. The monoisotopic (exact) mass is 236 g/mol. The Morgan fingerprint density at radius 1 is 1.53 bits per heavy atom. The third-order valence-electron chi connectivity index (χ3n) is 2.77. The molecule has 0 amide bonds. The number of hydrogen-bond acceptors (Lipinski definition) is 3. The van der Waals surface area contributed by atoms with Gasteiger partial charge in [0.1, 0.15) is 11.6 Å². The summed E-state index contributed by atoms with van der Waals surface area (Å²) in [7, 11) is 0. The lowest BCUT2D eigenvalue weighted by molar-refractivity contribution is 0.431. The molecule has 17 heavy (non-hydrogen) atoms. The maximum Gasteiger partial charge on any atom is 0.131 e. The van der Waals surface area contributed by atoms with Crippen molar-refractivity contribution >= 4 is 0 Å². The fraction of sp³-hybridized carbons (Fsp3) is 0.462. The molecule has 2 unspecified atom stereocenters. The molecule has 2 N–H and O–H groups in total. The van der Waals surface area contributed by atoms with E-state index in [1.807, 2.05) is 13.8 Å². The highest BCUT2D eigenvalue weighted by atomic mass is 19.1. The second-order valence-corrected chi connectivity index (χ2v) is 4.06. The molecule has 1 rings (SSSR count). The third kappa shape index (κ3) is 3.72. The van der Waals surface area contributed by atoms with Crippen LogP contribution in [-0.2, 0) is 0 Å². The van der Waals surface area contributed by atoms with E-state index in [9.17, 15) is 4.39 Å². The molecule has 0 aliphatic heterocycles. The molecule has 0 fully saturated rings. The number of benzene rings is 1. The second-order valence-electron chi connectivity index (χ2n) is 4.06. The van der Waals surface area contributed by atoms with Gasteiger partial charge in [-0.05, 0) is 19.4 Å². The topological polar surface area (TPSA) is 56.0 Å². The minimum Gasteiger partial charge on any atom is -0.508 e. The van der Waals surface area contributed by atoms with Crippen LogP contribution in [0.25, 0.3) is 0 Å². The van der Waals surface area contributed by atoms with Crippen LogP contribution in [0.3, 0.4) is 0 Å². The largest absolute Gasteiger partial charge is 0.508 e. The van der Waals surface area contributed by atoms with E-state index >= 15 is 0 Å². The number of aromatic hydroxyl groups is 1. The van der Waals surface area contributed by atoms with Crippen molar-refractivity contribution in [3.63, 3.8) is 0 Å². The molecule has 1 aromatic carbocycles. The number of phenols is 1. The maximum atomic E-state index is 13.6. The quantitative estimate of drug-likeness (QED) is 0.826. The van der Waals surface area contributed by atoms with Crippen molar-refractivity contribution in [1.82, 2.24) is 5.32 Å². The first kappa shape index (κ1) is 13.5. The molecular weight excluding hydrogens is 219 g/mol. The summed E-state index contributed by atoms with van der Waals surface area (Å²) in [6.07, 6.45) is 1.22. The van der Waals surface area contributed by atoms with E-state index in [4.69, 9.17) is 10.4 Å². The van der Waals surface area contributed by atoms with E-state index in [1.54, 1.807) is 6.07 Å². The van der Waals surface area contributed by atoms with E-state index < -0.39 is 5.82 Å². The zero-order valence-electron chi connectivity index (χ0n) is 10.1. The fourth-order valence-electron chi connectivity index (χ4n) is 1.74.